The summed E-state index contributed by atoms with van der Waals surface area (Å²) >= 11 is 1.57. The number of thioether (sulfide) groups is 1. The average Bonchev–Trinajstić information content (AvgIpc) is 3.15. The molecule has 122 valence electrons. The molecule has 3 heterocycles. The second kappa shape index (κ2) is 5.45. The maximum Gasteiger partial charge on any atom is 0.231 e. The van der Waals surface area contributed by atoms with Crippen molar-refractivity contribution in [2.45, 2.75) is 12.1 Å². The maximum atomic E-state index is 12.0. The number of sulfone groups is 1. The number of nitrogens with zero attached hydrogens (tertiary/aromatic N) is 2. The third-order valence-electron chi connectivity index (χ3n) is 4.07. The van der Waals surface area contributed by atoms with Crippen molar-refractivity contribution in [1.29, 1.82) is 0 Å². The van der Waals surface area contributed by atoms with Gasteiger partial charge in [-0.1, -0.05) is 17.8 Å². The SMILES string of the molecule is C=CCSC1=N[C@@H]2CS(=O)(=O)C[C@H]2N1c1ccc2c(c1)OCO2. The van der Waals surface area contributed by atoms with E-state index in [1.807, 2.05) is 29.2 Å². The van der Waals surface area contributed by atoms with E-state index >= 15 is 0 Å². The molecule has 0 aliphatic carbocycles. The van der Waals surface area contributed by atoms with Crippen LogP contribution in [-0.2, 0) is 9.84 Å². The Morgan fingerprint density at radius 1 is 1.35 bits per heavy atom. The second-order valence-corrected chi connectivity index (χ2v) is 8.77. The number of amidine groups is 1. The summed E-state index contributed by atoms with van der Waals surface area (Å²) in [6, 6.07) is 5.32. The summed E-state index contributed by atoms with van der Waals surface area (Å²) in [5.41, 5.74) is 0.883. The normalized spacial score (nSPS) is 27.0. The Balaban J connectivity index is 1.71. The highest BCUT2D eigenvalue weighted by Gasteiger charge is 2.47. The molecule has 0 bridgehead atoms. The van der Waals surface area contributed by atoms with Gasteiger partial charge in [0.15, 0.2) is 26.5 Å². The fourth-order valence-electron chi connectivity index (χ4n) is 3.10. The Hall–Kier alpha value is -1.67. The van der Waals surface area contributed by atoms with Crippen LogP contribution < -0.4 is 14.4 Å². The molecule has 0 N–H and O–H groups in total. The molecule has 3 aliphatic heterocycles. The minimum Gasteiger partial charge on any atom is -0.454 e. The van der Waals surface area contributed by atoms with Gasteiger partial charge in [0.05, 0.1) is 23.6 Å². The van der Waals surface area contributed by atoms with Crippen molar-refractivity contribution in [2.24, 2.45) is 4.99 Å². The largest absolute Gasteiger partial charge is 0.454 e. The maximum absolute atomic E-state index is 12.0. The van der Waals surface area contributed by atoms with Gasteiger partial charge in [0.25, 0.3) is 0 Å². The van der Waals surface area contributed by atoms with Gasteiger partial charge < -0.3 is 14.4 Å². The second-order valence-electron chi connectivity index (χ2n) is 5.63. The summed E-state index contributed by atoms with van der Waals surface area (Å²) in [6.07, 6.45) is 1.82. The summed E-state index contributed by atoms with van der Waals surface area (Å²) in [5, 5.41) is 0.841. The van der Waals surface area contributed by atoms with Crippen LogP contribution in [0.4, 0.5) is 5.69 Å². The third kappa shape index (κ3) is 2.59. The minimum absolute atomic E-state index is 0.122. The lowest BCUT2D eigenvalue weighted by Crippen LogP contribution is -2.39. The highest BCUT2D eigenvalue weighted by Crippen LogP contribution is 2.40. The Labute approximate surface area is 139 Å². The van der Waals surface area contributed by atoms with Gasteiger partial charge in [0.2, 0.25) is 6.79 Å². The van der Waals surface area contributed by atoms with Crippen LogP contribution >= 0.6 is 11.8 Å². The molecular formula is C15H16N2O4S2. The molecule has 23 heavy (non-hydrogen) atoms. The molecule has 3 aliphatic rings. The van der Waals surface area contributed by atoms with Crippen LogP contribution in [0, 0.1) is 0 Å². The monoisotopic (exact) mass is 352 g/mol. The van der Waals surface area contributed by atoms with Crippen LogP contribution in [-0.4, -0.2) is 49.7 Å². The fraction of sp³-hybridized carbons (Fsp3) is 0.400. The Morgan fingerprint density at radius 2 is 2.17 bits per heavy atom. The molecule has 0 aromatic heterocycles. The van der Waals surface area contributed by atoms with E-state index < -0.39 is 9.84 Å². The molecule has 0 spiro atoms. The Morgan fingerprint density at radius 3 is 3.00 bits per heavy atom. The van der Waals surface area contributed by atoms with E-state index in [1.54, 1.807) is 11.8 Å². The molecule has 1 aromatic rings. The Bertz CT molecular complexity index is 791. The van der Waals surface area contributed by atoms with Gasteiger partial charge in [-0.25, -0.2) is 8.42 Å². The van der Waals surface area contributed by atoms with Crippen molar-refractivity contribution >= 4 is 32.5 Å². The molecule has 2 atom stereocenters. The first kappa shape index (κ1) is 14.9. The number of anilines is 1. The average molecular weight is 352 g/mol. The molecule has 4 rings (SSSR count). The van der Waals surface area contributed by atoms with Gasteiger partial charge in [-0.05, 0) is 12.1 Å². The molecule has 0 saturated carbocycles. The van der Waals surface area contributed by atoms with Gasteiger partial charge in [-0.15, -0.1) is 6.58 Å². The van der Waals surface area contributed by atoms with E-state index in [4.69, 9.17) is 9.47 Å². The third-order valence-corrected chi connectivity index (χ3v) is 6.73. The van der Waals surface area contributed by atoms with E-state index in [9.17, 15) is 8.42 Å². The molecule has 6 nitrogen and oxygen atoms in total. The van der Waals surface area contributed by atoms with Crippen molar-refractivity contribution in [3.05, 3.63) is 30.9 Å². The van der Waals surface area contributed by atoms with Crippen molar-refractivity contribution < 1.29 is 17.9 Å². The van der Waals surface area contributed by atoms with Crippen LogP contribution in [0.15, 0.2) is 35.8 Å². The predicted octanol–water partition coefficient (Wildman–Crippen LogP) is 1.68. The van der Waals surface area contributed by atoms with Gasteiger partial charge in [-0.2, -0.15) is 0 Å². The molecule has 1 fully saturated rings. The van der Waals surface area contributed by atoms with E-state index in [-0.39, 0.29) is 30.4 Å². The summed E-state index contributed by atoms with van der Waals surface area (Å²) in [7, 11) is -3.04. The predicted molar refractivity (Wildman–Crippen MR) is 91.4 cm³/mol. The number of ether oxygens (including phenoxy) is 2. The molecule has 1 aromatic carbocycles. The molecule has 0 amide bonds. The first-order valence-corrected chi connectivity index (χ1v) is 10.1. The number of rotatable bonds is 3. The fourth-order valence-corrected chi connectivity index (χ4v) is 5.81. The lowest BCUT2D eigenvalue weighted by molar-refractivity contribution is 0.174. The number of hydrogen-bond donors (Lipinski definition) is 0. The number of hydrogen-bond acceptors (Lipinski definition) is 7. The van der Waals surface area contributed by atoms with Crippen LogP contribution in [0.1, 0.15) is 0 Å². The van der Waals surface area contributed by atoms with Gasteiger partial charge in [-0.3, -0.25) is 4.99 Å². The number of fused-ring (bicyclic) bond motifs is 2. The van der Waals surface area contributed by atoms with Crippen molar-refractivity contribution in [2.75, 3.05) is 29.0 Å². The topological polar surface area (TPSA) is 68.2 Å². The van der Waals surface area contributed by atoms with Gasteiger partial charge >= 0.3 is 0 Å². The summed E-state index contributed by atoms with van der Waals surface area (Å²) in [4.78, 5) is 6.66. The lowest BCUT2D eigenvalue weighted by Gasteiger charge is -2.26. The van der Waals surface area contributed by atoms with Gasteiger partial charge in [0.1, 0.15) is 0 Å². The number of aliphatic imine (C=N–C) groups is 1. The molecular weight excluding hydrogens is 336 g/mol. The van der Waals surface area contributed by atoms with Crippen molar-refractivity contribution in [3.63, 3.8) is 0 Å². The summed E-state index contributed by atoms with van der Waals surface area (Å²) in [5.74, 6) is 2.37. The highest BCUT2D eigenvalue weighted by atomic mass is 32.2. The van der Waals surface area contributed by atoms with Crippen LogP contribution in [0.5, 0.6) is 11.5 Å². The Kier molecular flexibility index (Phi) is 3.53. The molecule has 0 radical (unpaired) electrons. The van der Waals surface area contributed by atoms with E-state index in [1.165, 1.54) is 0 Å². The van der Waals surface area contributed by atoms with Crippen molar-refractivity contribution in [3.8, 4) is 11.5 Å². The summed E-state index contributed by atoms with van der Waals surface area (Å²) < 4.78 is 34.7. The lowest BCUT2D eigenvalue weighted by atomic mass is 10.1. The van der Waals surface area contributed by atoms with E-state index in [0.717, 1.165) is 16.6 Å². The zero-order valence-electron chi connectivity index (χ0n) is 12.3. The highest BCUT2D eigenvalue weighted by molar-refractivity contribution is 8.14. The standard InChI is InChI=1S/C15H16N2O4S2/c1-2-5-22-15-16-11-7-23(18,19)8-12(11)17(15)10-3-4-13-14(6-10)21-9-20-13/h2-4,6,11-12H,1,5,7-9H2/t11-,12-/m1/s1. The molecule has 8 heteroatoms. The van der Waals surface area contributed by atoms with Crippen LogP contribution in [0.25, 0.3) is 0 Å². The first-order chi connectivity index (χ1) is 11.1. The molecule has 1 saturated heterocycles. The first-order valence-electron chi connectivity index (χ1n) is 7.28. The summed E-state index contributed by atoms with van der Waals surface area (Å²) in [6.45, 7) is 3.95. The quantitative estimate of drug-likeness (QED) is 0.771. The van der Waals surface area contributed by atoms with Gasteiger partial charge in [0, 0.05) is 17.5 Å². The zero-order valence-corrected chi connectivity index (χ0v) is 14.0. The molecule has 0 unspecified atom stereocenters. The van der Waals surface area contributed by atoms with Crippen molar-refractivity contribution in [1.82, 2.24) is 0 Å². The zero-order chi connectivity index (χ0) is 16.0. The van der Waals surface area contributed by atoms with E-state index in [2.05, 4.69) is 11.6 Å². The number of benzene rings is 1. The van der Waals surface area contributed by atoms with E-state index in [0.29, 0.717) is 11.5 Å². The van der Waals surface area contributed by atoms with Crippen LogP contribution in [0.2, 0.25) is 0 Å². The van der Waals surface area contributed by atoms with Crippen LogP contribution in [0.3, 0.4) is 0 Å². The smallest absolute Gasteiger partial charge is 0.231 e. The minimum atomic E-state index is -3.04.